The molecule has 1 aromatic heterocycles. The summed E-state index contributed by atoms with van der Waals surface area (Å²) in [6, 6.07) is 5.85. The Morgan fingerprint density at radius 1 is 1.44 bits per heavy atom. The number of furan rings is 1. The van der Waals surface area contributed by atoms with E-state index >= 15 is 0 Å². The van der Waals surface area contributed by atoms with Gasteiger partial charge in [0.1, 0.15) is 0 Å². The highest BCUT2D eigenvalue weighted by Gasteiger charge is 2.13. The van der Waals surface area contributed by atoms with Crippen molar-refractivity contribution in [2.45, 2.75) is 32.1 Å². The van der Waals surface area contributed by atoms with Crippen molar-refractivity contribution in [3.8, 4) is 0 Å². The summed E-state index contributed by atoms with van der Waals surface area (Å²) >= 11 is 6.07. The summed E-state index contributed by atoms with van der Waals surface area (Å²) in [7, 11) is 0. The Labute approximate surface area is 101 Å². The van der Waals surface area contributed by atoms with E-state index in [1.807, 2.05) is 18.2 Å². The van der Waals surface area contributed by atoms with Gasteiger partial charge in [0.2, 0.25) is 0 Å². The molecule has 1 nitrogen and oxygen atoms in total. The maximum absolute atomic E-state index is 6.07. The first-order valence-electron chi connectivity index (χ1n) is 5.72. The van der Waals surface area contributed by atoms with Crippen molar-refractivity contribution in [1.29, 1.82) is 0 Å². The first-order chi connectivity index (χ1) is 7.74. The molecule has 0 amide bonds. The molecule has 0 N–H and O–H groups in total. The van der Waals surface area contributed by atoms with Crippen LogP contribution in [0.15, 0.2) is 28.9 Å². The maximum atomic E-state index is 6.07. The second-order valence-electron chi connectivity index (χ2n) is 4.15. The Morgan fingerprint density at radius 3 is 3.00 bits per heavy atom. The van der Waals surface area contributed by atoms with E-state index in [2.05, 4.69) is 13.8 Å². The van der Waals surface area contributed by atoms with Crippen molar-refractivity contribution in [1.82, 2.24) is 0 Å². The largest absolute Gasteiger partial charge is 0.462 e. The molecule has 0 aliphatic heterocycles. The molecule has 0 aliphatic carbocycles. The third-order valence-corrected chi connectivity index (χ3v) is 3.23. The summed E-state index contributed by atoms with van der Waals surface area (Å²) < 4.78 is 5.51. The average Bonchev–Trinajstić information content (AvgIpc) is 2.71. The summed E-state index contributed by atoms with van der Waals surface area (Å²) in [4.78, 5) is 0. The molecule has 1 heterocycles. The fourth-order valence-electron chi connectivity index (χ4n) is 1.96. The number of hydrogen-bond acceptors (Lipinski definition) is 1. The monoisotopic (exact) mass is 235 g/mol. The van der Waals surface area contributed by atoms with Crippen LogP contribution in [-0.2, 0) is 0 Å². The molecule has 16 heavy (non-hydrogen) atoms. The van der Waals surface area contributed by atoms with Gasteiger partial charge in [-0.3, -0.25) is 0 Å². The van der Waals surface area contributed by atoms with Gasteiger partial charge in [-0.15, -0.1) is 0 Å². The van der Waals surface area contributed by atoms with Gasteiger partial charge in [0.05, 0.1) is 11.3 Å². The maximum Gasteiger partial charge on any atom is 0.152 e. The average molecular weight is 236 g/mol. The molecule has 0 fully saturated rings. The van der Waals surface area contributed by atoms with Crippen LogP contribution in [0.4, 0.5) is 0 Å². The van der Waals surface area contributed by atoms with Crippen molar-refractivity contribution in [3.63, 3.8) is 0 Å². The number of rotatable bonds is 4. The molecule has 1 unspecified atom stereocenters. The van der Waals surface area contributed by atoms with Crippen molar-refractivity contribution in [3.05, 3.63) is 42.0 Å². The molecule has 0 saturated heterocycles. The van der Waals surface area contributed by atoms with E-state index in [0.717, 1.165) is 17.4 Å². The number of fused-ring (bicyclic) bond motifs is 1. The van der Waals surface area contributed by atoms with Crippen LogP contribution < -0.4 is 0 Å². The van der Waals surface area contributed by atoms with Crippen LogP contribution in [0.1, 0.15) is 37.7 Å². The van der Waals surface area contributed by atoms with Crippen LogP contribution in [0.2, 0.25) is 5.02 Å². The lowest BCUT2D eigenvalue weighted by Gasteiger charge is -2.08. The molecule has 85 valence electrons. The normalized spacial score (nSPS) is 13.2. The summed E-state index contributed by atoms with van der Waals surface area (Å²) in [5, 5.41) is 1.77. The minimum Gasteiger partial charge on any atom is -0.462 e. The Bertz CT molecular complexity index is 473. The zero-order valence-electron chi connectivity index (χ0n) is 9.50. The van der Waals surface area contributed by atoms with Crippen LogP contribution in [0.3, 0.4) is 0 Å². The summed E-state index contributed by atoms with van der Waals surface area (Å²) in [5.41, 5.74) is 1.95. The van der Waals surface area contributed by atoms with E-state index in [0.29, 0.717) is 10.9 Å². The highest BCUT2D eigenvalue weighted by molar-refractivity contribution is 6.34. The van der Waals surface area contributed by atoms with Crippen LogP contribution in [0.5, 0.6) is 0 Å². The van der Waals surface area contributed by atoms with Gasteiger partial charge < -0.3 is 4.42 Å². The molecule has 2 heteroatoms. The molecular formula is C14H16ClO. The van der Waals surface area contributed by atoms with Crippen LogP contribution in [-0.4, -0.2) is 0 Å². The molecule has 0 spiro atoms. The Kier molecular flexibility index (Phi) is 3.55. The highest BCUT2D eigenvalue weighted by atomic mass is 35.5. The smallest absolute Gasteiger partial charge is 0.152 e. The van der Waals surface area contributed by atoms with Gasteiger partial charge in [-0.2, -0.15) is 0 Å². The molecular weight excluding hydrogens is 220 g/mol. The van der Waals surface area contributed by atoms with Crippen molar-refractivity contribution < 1.29 is 4.42 Å². The predicted octanol–water partition coefficient (Wildman–Crippen LogP) is 5.19. The first-order valence-corrected chi connectivity index (χ1v) is 6.10. The Balaban J connectivity index is 2.34. The second kappa shape index (κ2) is 4.92. The van der Waals surface area contributed by atoms with Crippen molar-refractivity contribution in [2.24, 2.45) is 0 Å². The van der Waals surface area contributed by atoms with E-state index in [1.54, 1.807) is 6.26 Å². The van der Waals surface area contributed by atoms with Crippen LogP contribution in [0.25, 0.3) is 11.0 Å². The quantitative estimate of drug-likeness (QED) is 0.711. The summed E-state index contributed by atoms with van der Waals surface area (Å²) in [6.07, 6.45) is 5.28. The number of unbranched alkanes of at least 4 members (excludes halogenated alkanes) is 1. The van der Waals surface area contributed by atoms with Crippen molar-refractivity contribution in [2.75, 3.05) is 0 Å². The SMILES string of the molecule is [CH2]C(CCCC)c1coc2c(Cl)cccc12. The molecule has 2 rings (SSSR count). The number of para-hydroxylation sites is 1. The minimum atomic E-state index is 0.291. The fourth-order valence-corrected chi connectivity index (χ4v) is 2.18. The topological polar surface area (TPSA) is 13.1 Å². The predicted molar refractivity (Wildman–Crippen MR) is 68.8 cm³/mol. The van der Waals surface area contributed by atoms with Crippen molar-refractivity contribution >= 4 is 22.6 Å². The van der Waals surface area contributed by atoms with Crippen LogP contribution >= 0.6 is 11.6 Å². The van der Waals surface area contributed by atoms with E-state index < -0.39 is 0 Å². The van der Waals surface area contributed by atoms with Crippen LogP contribution in [0, 0.1) is 6.92 Å². The fraction of sp³-hybridized carbons (Fsp3) is 0.357. The zero-order chi connectivity index (χ0) is 11.5. The standard InChI is InChI=1S/C14H16ClO/c1-3-4-6-10(2)12-9-16-14-11(12)7-5-8-13(14)15/h5,7-10H,2-4,6H2,1H3. The molecule has 0 aliphatic rings. The molecule has 1 atom stereocenters. The third-order valence-electron chi connectivity index (χ3n) is 2.93. The molecule has 1 aromatic carbocycles. The third kappa shape index (κ3) is 2.10. The number of benzene rings is 1. The molecule has 0 saturated carbocycles. The van der Waals surface area contributed by atoms with Gasteiger partial charge >= 0.3 is 0 Å². The highest BCUT2D eigenvalue weighted by Crippen LogP contribution is 2.33. The van der Waals surface area contributed by atoms with Gasteiger partial charge in [0.15, 0.2) is 5.58 Å². The lowest BCUT2D eigenvalue weighted by Crippen LogP contribution is -1.92. The zero-order valence-corrected chi connectivity index (χ0v) is 10.3. The van der Waals surface area contributed by atoms with Gasteiger partial charge in [-0.25, -0.2) is 0 Å². The van der Waals surface area contributed by atoms with E-state index in [9.17, 15) is 0 Å². The molecule has 1 radical (unpaired) electrons. The molecule has 0 bridgehead atoms. The van der Waals surface area contributed by atoms with Gasteiger partial charge in [-0.1, -0.05) is 43.5 Å². The lowest BCUT2D eigenvalue weighted by molar-refractivity contribution is 0.597. The van der Waals surface area contributed by atoms with E-state index in [4.69, 9.17) is 16.0 Å². The first kappa shape index (κ1) is 11.5. The summed E-state index contributed by atoms with van der Waals surface area (Å²) in [5.74, 6) is 0.291. The van der Waals surface area contributed by atoms with E-state index in [-0.39, 0.29) is 0 Å². The van der Waals surface area contributed by atoms with E-state index in [1.165, 1.54) is 18.4 Å². The minimum absolute atomic E-state index is 0.291. The Morgan fingerprint density at radius 2 is 2.25 bits per heavy atom. The lowest BCUT2D eigenvalue weighted by atomic mass is 9.95. The Hall–Kier alpha value is -0.950. The number of halogens is 1. The van der Waals surface area contributed by atoms with Gasteiger partial charge in [0.25, 0.3) is 0 Å². The van der Waals surface area contributed by atoms with Gasteiger partial charge in [0, 0.05) is 10.9 Å². The second-order valence-corrected chi connectivity index (χ2v) is 4.55. The summed E-state index contributed by atoms with van der Waals surface area (Å²) in [6.45, 7) is 6.39. The van der Waals surface area contributed by atoms with Gasteiger partial charge in [-0.05, 0) is 25.3 Å². The number of hydrogen-bond donors (Lipinski definition) is 0. The molecule has 2 aromatic rings.